The Morgan fingerprint density at radius 2 is 2.14 bits per heavy atom. The molecule has 2 aliphatic carbocycles. The van der Waals surface area contributed by atoms with E-state index in [2.05, 4.69) is 5.32 Å². The molecular formula is C10H14N2O2. The van der Waals surface area contributed by atoms with E-state index in [1.165, 1.54) is 0 Å². The third-order valence-corrected chi connectivity index (χ3v) is 3.64. The average molecular weight is 194 g/mol. The molecule has 1 heterocycles. The molecule has 3 rings (SSSR count). The maximum atomic E-state index is 11.8. The second-order valence-electron chi connectivity index (χ2n) is 4.52. The van der Waals surface area contributed by atoms with Crippen LogP contribution in [0.15, 0.2) is 0 Å². The first-order valence-corrected chi connectivity index (χ1v) is 5.31. The van der Waals surface area contributed by atoms with Gasteiger partial charge in [0.15, 0.2) is 5.78 Å². The van der Waals surface area contributed by atoms with E-state index in [1.807, 2.05) is 0 Å². The van der Waals surface area contributed by atoms with Gasteiger partial charge in [-0.1, -0.05) is 0 Å². The van der Waals surface area contributed by atoms with Gasteiger partial charge in [-0.25, -0.2) is 0 Å². The van der Waals surface area contributed by atoms with Crippen LogP contribution in [0, 0.1) is 11.8 Å². The number of hydrogen-bond donors (Lipinski definition) is 1. The van der Waals surface area contributed by atoms with Crippen LogP contribution in [-0.2, 0) is 9.59 Å². The van der Waals surface area contributed by atoms with Crippen molar-refractivity contribution in [2.45, 2.75) is 18.9 Å². The summed E-state index contributed by atoms with van der Waals surface area (Å²) in [5.74, 6) is 1.33. The molecule has 14 heavy (non-hydrogen) atoms. The Hall–Kier alpha value is -0.900. The zero-order valence-corrected chi connectivity index (χ0v) is 8.03. The highest BCUT2D eigenvalue weighted by Gasteiger charge is 2.55. The van der Waals surface area contributed by atoms with Crippen LogP contribution in [0.3, 0.4) is 0 Å². The number of Topliss-reactive ketones (excluding diaryl/α,β-unsaturated/α-hetero) is 1. The third-order valence-electron chi connectivity index (χ3n) is 3.64. The van der Waals surface area contributed by atoms with E-state index in [0.717, 1.165) is 19.4 Å². The van der Waals surface area contributed by atoms with Crippen molar-refractivity contribution in [1.29, 1.82) is 0 Å². The first kappa shape index (κ1) is 8.41. The predicted octanol–water partition coefficient (Wildman–Crippen LogP) is -0.604. The molecule has 4 nitrogen and oxygen atoms in total. The molecule has 2 saturated carbocycles. The second kappa shape index (κ2) is 2.79. The van der Waals surface area contributed by atoms with Crippen molar-refractivity contribution in [3.63, 3.8) is 0 Å². The third kappa shape index (κ3) is 1.10. The van der Waals surface area contributed by atoms with Gasteiger partial charge in [0.05, 0.1) is 12.6 Å². The summed E-state index contributed by atoms with van der Waals surface area (Å²) in [7, 11) is 0. The highest BCUT2D eigenvalue weighted by Crippen LogP contribution is 2.50. The van der Waals surface area contributed by atoms with E-state index in [4.69, 9.17) is 0 Å². The highest BCUT2D eigenvalue weighted by molar-refractivity contribution is 5.95. The summed E-state index contributed by atoms with van der Waals surface area (Å²) < 4.78 is 0. The fourth-order valence-corrected chi connectivity index (χ4v) is 2.74. The first-order valence-electron chi connectivity index (χ1n) is 5.31. The molecule has 0 spiro atoms. The lowest BCUT2D eigenvalue weighted by molar-refractivity contribution is -0.140. The fraction of sp³-hybridized carbons (Fsp3) is 0.800. The van der Waals surface area contributed by atoms with Gasteiger partial charge in [-0.05, 0) is 18.8 Å². The minimum absolute atomic E-state index is 0.0756. The van der Waals surface area contributed by atoms with E-state index in [0.29, 0.717) is 30.7 Å². The van der Waals surface area contributed by atoms with E-state index in [-0.39, 0.29) is 11.9 Å². The number of piperazine rings is 1. The predicted molar refractivity (Wildman–Crippen MR) is 49.6 cm³/mol. The Labute approximate surface area is 82.6 Å². The molecule has 1 N–H and O–H groups in total. The normalized spacial score (nSPS) is 41.4. The number of hydrogen-bond acceptors (Lipinski definition) is 3. The molecule has 3 atom stereocenters. The van der Waals surface area contributed by atoms with Crippen LogP contribution in [0.25, 0.3) is 0 Å². The average Bonchev–Trinajstić information content (AvgIpc) is 2.88. The standard InChI is InChI=1S/C10H14N2O2/c13-9-5-11-1-2-12(9)8-4-6-3-7(6)10(8)14/h6-8,11H,1-5H2/t6-,7-,8-/m0/s1. The van der Waals surface area contributed by atoms with Crippen molar-refractivity contribution < 1.29 is 9.59 Å². The van der Waals surface area contributed by atoms with E-state index >= 15 is 0 Å². The van der Waals surface area contributed by atoms with Gasteiger partial charge in [-0.2, -0.15) is 0 Å². The summed E-state index contributed by atoms with van der Waals surface area (Å²) in [6.45, 7) is 1.93. The summed E-state index contributed by atoms with van der Waals surface area (Å²) >= 11 is 0. The fourth-order valence-electron chi connectivity index (χ4n) is 2.74. The van der Waals surface area contributed by atoms with Crippen molar-refractivity contribution in [2.24, 2.45) is 11.8 Å². The van der Waals surface area contributed by atoms with Crippen LogP contribution in [0.2, 0.25) is 0 Å². The number of ketones is 1. The highest BCUT2D eigenvalue weighted by atomic mass is 16.2. The molecule has 1 saturated heterocycles. The van der Waals surface area contributed by atoms with E-state index in [1.54, 1.807) is 4.90 Å². The number of amides is 1. The summed E-state index contributed by atoms with van der Waals surface area (Å²) in [6, 6.07) is -0.0756. The minimum atomic E-state index is -0.0756. The van der Waals surface area contributed by atoms with Gasteiger partial charge < -0.3 is 10.2 Å². The Morgan fingerprint density at radius 3 is 2.79 bits per heavy atom. The molecule has 3 aliphatic rings. The number of fused-ring (bicyclic) bond motifs is 1. The van der Waals surface area contributed by atoms with Gasteiger partial charge >= 0.3 is 0 Å². The zero-order valence-electron chi connectivity index (χ0n) is 8.03. The number of nitrogens with one attached hydrogen (secondary N) is 1. The number of nitrogens with zero attached hydrogens (tertiary/aromatic N) is 1. The number of rotatable bonds is 1. The molecule has 1 amide bonds. The number of carbonyl (C=O) groups excluding carboxylic acids is 2. The zero-order chi connectivity index (χ0) is 9.71. The summed E-state index contributed by atoms with van der Waals surface area (Å²) in [6.07, 6.45) is 2.00. The lowest BCUT2D eigenvalue weighted by atomic mass is 10.1. The van der Waals surface area contributed by atoms with Crippen LogP contribution in [-0.4, -0.2) is 42.3 Å². The molecule has 0 bridgehead atoms. The van der Waals surface area contributed by atoms with E-state index in [9.17, 15) is 9.59 Å². The van der Waals surface area contributed by atoms with Crippen molar-refractivity contribution in [3.05, 3.63) is 0 Å². The van der Waals surface area contributed by atoms with Crippen molar-refractivity contribution in [2.75, 3.05) is 19.6 Å². The molecule has 0 radical (unpaired) electrons. The number of carbonyl (C=O) groups is 2. The second-order valence-corrected chi connectivity index (χ2v) is 4.52. The van der Waals surface area contributed by atoms with Crippen LogP contribution in [0.5, 0.6) is 0 Å². The molecule has 4 heteroatoms. The lowest BCUT2D eigenvalue weighted by Crippen LogP contribution is -2.54. The van der Waals surface area contributed by atoms with Gasteiger partial charge in [0.25, 0.3) is 0 Å². The SMILES string of the molecule is O=C1[C@H]2C[C@H]2C[C@@H]1N1CCNCC1=O. The maximum absolute atomic E-state index is 11.8. The van der Waals surface area contributed by atoms with Crippen LogP contribution >= 0.6 is 0 Å². The maximum Gasteiger partial charge on any atom is 0.237 e. The van der Waals surface area contributed by atoms with Crippen molar-refractivity contribution in [1.82, 2.24) is 10.2 Å². The molecule has 0 unspecified atom stereocenters. The molecule has 0 aromatic heterocycles. The van der Waals surface area contributed by atoms with Crippen molar-refractivity contribution >= 4 is 11.7 Å². The van der Waals surface area contributed by atoms with Gasteiger partial charge in [-0.15, -0.1) is 0 Å². The van der Waals surface area contributed by atoms with Crippen LogP contribution in [0.1, 0.15) is 12.8 Å². The largest absolute Gasteiger partial charge is 0.330 e. The Morgan fingerprint density at radius 1 is 1.29 bits per heavy atom. The molecule has 0 aromatic carbocycles. The summed E-state index contributed by atoms with van der Waals surface area (Å²) in [5, 5.41) is 3.02. The Kier molecular flexibility index (Phi) is 1.68. The van der Waals surface area contributed by atoms with Gasteiger partial charge in [0.1, 0.15) is 0 Å². The monoisotopic (exact) mass is 194 g/mol. The van der Waals surface area contributed by atoms with Crippen LogP contribution < -0.4 is 5.32 Å². The molecule has 76 valence electrons. The molecule has 0 aromatic rings. The molecule has 3 fully saturated rings. The summed E-state index contributed by atoms with van der Waals surface area (Å²) in [5.41, 5.74) is 0. The summed E-state index contributed by atoms with van der Waals surface area (Å²) in [4.78, 5) is 25.1. The quantitative estimate of drug-likeness (QED) is 0.606. The Balaban J connectivity index is 1.75. The minimum Gasteiger partial charge on any atom is -0.330 e. The van der Waals surface area contributed by atoms with E-state index < -0.39 is 0 Å². The smallest absolute Gasteiger partial charge is 0.237 e. The molecular weight excluding hydrogens is 180 g/mol. The van der Waals surface area contributed by atoms with Crippen molar-refractivity contribution in [3.8, 4) is 0 Å². The topological polar surface area (TPSA) is 49.4 Å². The first-order chi connectivity index (χ1) is 6.77. The van der Waals surface area contributed by atoms with Crippen LogP contribution in [0.4, 0.5) is 0 Å². The van der Waals surface area contributed by atoms with Gasteiger partial charge in [0, 0.05) is 19.0 Å². The Bertz CT molecular complexity index is 302. The van der Waals surface area contributed by atoms with Gasteiger partial charge in [-0.3, -0.25) is 9.59 Å². The molecule has 1 aliphatic heterocycles. The van der Waals surface area contributed by atoms with Gasteiger partial charge in [0.2, 0.25) is 5.91 Å². The lowest BCUT2D eigenvalue weighted by Gasteiger charge is -2.32.